The molecular weight excluding hydrogens is 304 g/mol. The first-order valence-corrected chi connectivity index (χ1v) is 7.83. The maximum atomic E-state index is 11.8. The summed E-state index contributed by atoms with van der Waals surface area (Å²) in [7, 11) is 0. The minimum absolute atomic E-state index is 0.0789. The van der Waals surface area contributed by atoms with Crippen molar-refractivity contribution in [3.8, 4) is 11.5 Å². The van der Waals surface area contributed by atoms with Crippen molar-refractivity contribution in [3.05, 3.63) is 59.2 Å². The summed E-state index contributed by atoms with van der Waals surface area (Å²) in [5, 5.41) is 3.92. The Labute approximate surface area is 142 Å². The molecule has 0 radical (unpaired) electrons. The van der Waals surface area contributed by atoms with E-state index in [0.29, 0.717) is 12.4 Å². The Hall–Kier alpha value is -2.82. The van der Waals surface area contributed by atoms with E-state index in [1.54, 1.807) is 6.21 Å². The van der Waals surface area contributed by atoms with Gasteiger partial charge in [0.05, 0.1) is 12.8 Å². The van der Waals surface area contributed by atoms with Crippen LogP contribution >= 0.6 is 0 Å². The van der Waals surface area contributed by atoms with Gasteiger partial charge < -0.3 is 9.47 Å². The average Bonchev–Trinajstić information content (AvgIpc) is 2.56. The minimum atomic E-state index is -0.308. The average molecular weight is 326 g/mol. The molecule has 2 aromatic carbocycles. The molecule has 5 heteroatoms. The Morgan fingerprint density at radius 3 is 2.54 bits per heavy atom. The van der Waals surface area contributed by atoms with Gasteiger partial charge >= 0.3 is 0 Å². The second-order valence-electron chi connectivity index (χ2n) is 5.35. The highest BCUT2D eigenvalue weighted by Crippen LogP contribution is 2.18. The van der Waals surface area contributed by atoms with Crippen LogP contribution in [-0.2, 0) is 4.79 Å². The van der Waals surface area contributed by atoms with Crippen LogP contribution in [0.2, 0.25) is 0 Å². The van der Waals surface area contributed by atoms with Crippen molar-refractivity contribution in [2.45, 2.75) is 20.8 Å². The van der Waals surface area contributed by atoms with Gasteiger partial charge in [0.1, 0.15) is 11.5 Å². The molecule has 1 N–H and O–H groups in total. The fourth-order valence-corrected chi connectivity index (χ4v) is 2.13. The zero-order chi connectivity index (χ0) is 17.4. The van der Waals surface area contributed by atoms with Crippen molar-refractivity contribution >= 4 is 12.1 Å². The third-order valence-electron chi connectivity index (χ3n) is 3.28. The zero-order valence-electron chi connectivity index (χ0n) is 14.2. The monoisotopic (exact) mass is 326 g/mol. The van der Waals surface area contributed by atoms with Crippen LogP contribution in [0.3, 0.4) is 0 Å². The lowest BCUT2D eigenvalue weighted by Crippen LogP contribution is -2.24. The van der Waals surface area contributed by atoms with Gasteiger partial charge in [-0.15, -0.1) is 0 Å². The van der Waals surface area contributed by atoms with Gasteiger partial charge in [-0.25, -0.2) is 5.43 Å². The third-order valence-corrected chi connectivity index (χ3v) is 3.28. The van der Waals surface area contributed by atoms with Crippen molar-refractivity contribution in [1.82, 2.24) is 5.43 Å². The van der Waals surface area contributed by atoms with Crippen molar-refractivity contribution in [2.24, 2.45) is 5.10 Å². The van der Waals surface area contributed by atoms with Gasteiger partial charge in [0.15, 0.2) is 6.61 Å². The van der Waals surface area contributed by atoms with E-state index in [0.717, 1.165) is 22.4 Å². The van der Waals surface area contributed by atoms with Crippen LogP contribution < -0.4 is 14.9 Å². The summed E-state index contributed by atoms with van der Waals surface area (Å²) in [4.78, 5) is 11.8. The third kappa shape index (κ3) is 5.43. The van der Waals surface area contributed by atoms with E-state index in [1.807, 2.05) is 63.2 Å². The number of nitrogens with one attached hydrogen (secondary N) is 1. The van der Waals surface area contributed by atoms with E-state index >= 15 is 0 Å². The highest BCUT2D eigenvalue weighted by Gasteiger charge is 2.04. The second kappa shape index (κ2) is 8.72. The van der Waals surface area contributed by atoms with Crippen LogP contribution in [-0.4, -0.2) is 25.3 Å². The largest absolute Gasteiger partial charge is 0.494 e. The zero-order valence-corrected chi connectivity index (χ0v) is 14.2. The molecular formula is C19H22N2O3. The summed E-state index contributed by atoms with van der Waals surface area (Å²) in [5.41, 5.74) is 5.47. The highest BCUT2D eigenvalue weighted by molar-refractivity contribution is 5.83. The summed E-state index contributed by atoms with van der Waals surface area (Å²) in [6.45, 7) is 6.45. The number of benzene rings is 2. The topological polar surface area (TPSA) is 59.9 Å². The molecule has 2 rings (SSSR count). The molecule has 0 fully saturated rings. The Morgan fingerprint density at radius 1 is 1.12 bits per heavy atom. The number of hydrogen-bond donors (Lipinski definition) is 1. The number of ether oxygens (including phenoxy) is 2. The maximum Gasteiger partial charge on any atom is 0.277 e. The number of hydrogen-bond acceptors (Lipinski definition) is 4. The molecule has 0 aromatic heterocycles. The molecule has 5 nitrogen and oxygen atoms in total. The Morgan fingerprint density at radius 2 is 1.88 bits per heavy atom. The molecule has 126 valence electrons. The van der Waals surface area contributed by atoms with E-state index in [1.165, 1.54) is 0 Å². The summed E-state index contributed by atoms with van der Waals surface area (Å²) in [6.07, 6.45) is 1.57. The Kier molecular flexibility index (Phi) is 6.37. The van der Waals surface area contributed by atoms with Crippen LogP contribution in [0.15, 0.2) is 47.6 Å². The molecule has 0 aliphatic carbocycles. The van der Waals surface area contributed by atoms with Crippen molar-refractivity contribution in [3.63, 3.8) is 0 Å². The van der Waals surface area contributed by atoms with Gasteiger partial charge in [-0.2, -0.15) is 5.10 Å². The van der Waals surface area contributed by atoms with Gasteiger partial charge in [0.2, 0.25) is 0 Å². The number of aryl methyl sites for hydroxylation is 2. The molecule has 1 amide bonds. The van der Waals surface area contributed by atoms with Crippen molar-refractivity contribution < 1.29 is 14.3 Å². The molecule has 0 atom stereocenters. The molecule has 0 bridgehead atoms. The molecule has 0 saturated heterocycles. The fourth-order valence-electron chi connectivity index (χ4n) is 2.13. The van der Waals surface area contributed by atoms with Gasteiger partial charge in [-0.3, -0.25) is 4.79 Å². The molecule has 0 unspecified atom stereocenters. The first-order valence-electron chi connectivity index (χ1n) is 7.83. The minimum Gasteiger partial charge on any atom is -0.494 e. The number of carbonyl (C=O) groups is 1. The molecule has 0 spiro atoms. The van der Waals surface area contributed by atoms with Crippen LogP contribution in [0.25, 0.3) is 0 Å². The number of amides is 1. The summed E-state index contributed by atoms with van der Waals surface area (Å²) < 4.78 is 10.9. The van der Waals surface area contributed by atoms with Gasteiger partial charge in [-0.05, 0) is 62.2 Å². The smallest absolute Gasteiger partial charge is 0.277 e. The van der Waals surface area contributed by atoms with Crippen molar-refractivity contribution in [1.29, 1.82) is 0 Å². The van der Waals surface area contributed by atoms with E-state index in [4.69, 9.17) is 9.47 Å². The SMILES string of the molecule is CCOc1ccc(/C=N\NC(=O)COc2ccc(C)cc2C)cc1. The van der Waals surface area contributed by atoms with Crippen LogP contribution in [0, 0.1) is 13.8 Å². The predicted octanol–water partition coefficient (Wildman–Crippen LogP) is 3.23. The lowest BCUT2D eigenvalue weighted by molar-refractivity contribution is -0.123. The van der Waals surface area contributed by atoms with Crippen LogP contribution in [0.4, 0.5) is 0 Å². The molecule has 0 saturated carbocycles. The Balaban J connectivity index is 1.80. The predicted molar refractivity (Wildman–Crippen MR) is 94.8 cm³/mol. The number of hydrazone groups is 1. The highest BCUT2D eigenvalue weighted by atomic mass is 16.5. The first kappa shape index (κ1) is 17.5. The summed E-state index contributed by atoms with van der Waals surface area (Å²) in [5.74, 6) is 1.20. The molecule has 0 aliphatic rings. The molecule has 2 aromatic rings. The Bertz CT molecular complexity index is 709. The fraction of sp³-hybridized carbons (Fsp3) is 0.263. The van der Waals surface area contributed by atoms with E-state index in [2.05, 4.69) is 10.5 Å². The molecule has 24 heavy (non-hydrogen) atoms. The number of carbonyl (C=O) groups excluding carboxylic acids is 1. The number of nitrogens with zero attached hydrogens (tertiary/aromatic N) is 1. The standard InChI is InChI=1S/C19H22N2O3/c1-4-23-17-8-6-16(7-9-17)12-20-21-19(22)13-24-18-10-5-14(2)11-15(18)3/h5-12H,4,13H2,1-3H3,(H,21,22)/b20-12-. The molecule has 0 heterocycles. The quantitative estimate of drug-likeness (QED) is 0.628. The summed E-state index contributed by atoms with van der Waals surface area (Å²) >= 11 is 0. The van der Waals surface area contributed by atoms with Crippen LogP contribution in [0.5, 0.6) is 11.5 Å². The lowest BCUT2D eigenvalue weighted by atomic mass is 10.1. The van der Waals surface area contributed by atoms with Gasteiger partial charge in [0.25, 0.3) is 5.91 Å². The summed E-state index contributed by atoms with van der Waals surface area (Å²) in [6, 6.07) is 13.3. The normalized spacial score (nSPS) is 10.6. The van der Waals surface area contributed by atoms with E-state index < -0.39 is 0 Å². The first-order chi connectivity index (χ1) is 11.6. The van der Waals surface area contributed by atoms with E-state index in [9.17, 15) is 4.79 Å². The van der Waals surface area contributed by atoms with Gasteiger partial charge in [0, 0.05) is 0 Å². The molecule has 0 aliphatic heterocycles. The van der Waals surface area contributed by atoms with Crippen molar-refractivity contribution in [2.75, 3.05) is 13.2 Å². The van der Waals surface area contributed by atoms with Crippen LogP contribution in [0.1, 0.15) is 23.6 Å². The van der Waals surface area contributed by atoms with E-state index in [-0.39, 0.29) is 12.5 Å². The maximum absolute atomic E-state index is 11.8. The lowest BCUT2D eigenvalue weighted by Gasteiger charge is -2.08. The van der Waals surface area contributed by atoms with Gasteiger partial charge in [-0.1, -0.05) is 17.7 Å². The number of rotatable bonds is 7. The second-order valence-corrected chi connectivity index (χ2v) is 5.35.